The van der Waals surface area contributed by atoms with Crippen molar-refractivity contribution >= 4 is 0 Å². The molecular formula is C26H35N. The maximum absolute atomic E-state index is 4.05. The third-order valence-corrected chi connectivity index (χ3v) is 7.31. The number of hydrogen-bond donors (Lipinski definition) is 1. The van der Waals surface area contributed by atoms with E-state index in [1.807, 2.05) is 0 Å². The number of nitrogens with one attached hydrogen (secondary N) is 1. The maximum atomic E-state index is 4.05. The average molecular weight is 362 g/mol. The van der Waals surface area contributed by atoms with Gasteiger partial charge in [-0.2, -0.15) is 0 Å². The summed E-state index contributed by atoms with van der Waals surface area (Å²) in [6.45, 7) is 4.91. The largest absolute Gasteiger partial charge is 0.304 e. The van der Waals surface area contributed by atoms with Gasteiger partial charge in [0.15, 0.2) is 0 Å². The van der Waals surface area contributed by atoms with Gasteiger partial charge in [-0.3, -0.25) is 0 Å². The zero-order valence-corrected chi connectivity index (χ0v) is 17.0. The minimum atomic E-state index is 0.200. The molecule has 0 aliphatic heterocycles. The topological polar surface area (TPSA) is 12.0 Å². The molecule has 0 aromatic rings. The first-order chi connectivity index (χ1) is 13.1. The predicted molar refractivity (Wildman–Crippen MR) is 117 cm³/mol. The van der Waals surface area contributed by atoms with Gasteiger partial charge in [-0.15, -0.1) is 0 Å². The molecule has 1 nitrogen and oxygen atoms in total. The SMILES string of the molecule is CC1(C2=CCCC(C3C=CCCC3(C)NC3C=CC=CC3)C2)C=CC=CC1. The second kappa shape index (κ2) is 7.80. The van der Waals surface area contributed by atoms with Crippen LogP contribution in [-0.4, -0.2) is 11.6 Å². The molecule has 144 valence electrons. The van der Waals surface area contributed by atoms with Gasteiger partial charge < -0.3 is 5.32 Å². The van der Waals surface area contributed by atoms with Gasteiger partial charge in [-0.1, -0.05) is 79.3 Å². The van der Waals surface area contributed by atoms with E-state index in [2.05, 4.69) is 86.0 Å². The van der Waals surface area contributed by atoms with Gasteiger partial charge in [-0.25, -0.2) is 0 Å². The third-order valence-electron chi connectivity index (χ3n) is 7.31. The highest BCUT2D eigenvalue weighted by Gasteiger charge is 2.41. The van der Waals surface area contributed by atoms with Crippen LogP contribution in [0.25, 0.3) is 0 Å². The molecule has 5 unspecified atom stereocenters. The molecule has 0 bridgehead atoms. The van der Waals surface area contributed by atoms with E-state index in [0.717, 1.165) is 18.8 Å². The summed E-state index contributed by atoms with van der Waals surface area (Å²) in [7, 11) is 0. The Morgan fingerprint density at radius 2 is 1.85 bits per heavy atom. The van der Waals surface area contributed by atoms with Crippen molar-refractivity contribution in [3.63, 3.8) is 0 Å². The van der Waals surface area contributed by atoms with Crippen LogP contribution in [0.5, 0.6) is 0 Å². The predicted octanol–water partition coefficient (Wildman–Crippen LogP) is 6.43. The van der Waals surface area contributed by atoms with Crippen LogP contribution in [0.3, 0.4) is 0 Å². The lowest BCUT2D eigenvalue weighted by atomic mass is 9.63. The Bertz CT molecular complexity index is 718. The van der Waals surface area contributed by atoms with Crippen molar-refractivity contribution in [2.45, 2.75) is 70.4 Å². The standard InChI is InChI=1S/C26H35N/c1-25(17-8-4-9-18-25)22-13-11-12-21(20-22)24-16-7-10-19-26(24,2)27-23-14-5-3-6-15-23/h3-9,13-14,16-17,21,23-24,27H,10-12,15,18-20H2,1-2H3. The Morgan fingerprint density at radius 1 is 0.963 bits per heavy atom. The fraction of sp³-hybridized carbons (Fsp3) is 0.538. The first kappa shape index (κ1) is 18.7. The Labute approximate surface area is 165 Å². The molecule has 27 heavy (non-hydrogen) atoms. The van der Waals surface area contributed by atoms with Gasteiger partial charge in [0, 0.05) is 17.0 Å². The fourth-order valence-corrected chi connectivity index (χ4v) is 5.64. The zero-order valence-electron chi connectivity index (χ0n) is 17.0. The number of allylic oxidation sites excluding steroid dienone is 9. The summed E-state index contributed by atoms with van der Waals surface area (Å²) in [5.41, 5.74) is 2.10. The normalized spacial score (nSPS) is 41.0. The van der Waals surface area contributed by atoms with E-state index >= 15 is 0 Å². The monoisotopic (exact) mass is 361 g/mol. The van der Waals surface area contributed by atoms with Crippen molar-refractivity contribution in [1.82, 2.24) is 5.32 Å². The van der Waals surface area contributed by atoms with E-state index in [4.69, 9.17) is 0 Å². The van der Waals surface area contributed by atoms with Gasteiger partial charge in [0.05, 0.1) is 0 Å². The molecule has 0 aromatic carbocycles. The molecule has 0 fully saturated rings. The molecule has 4 aliphatic carbocycles. The first-order valence-electron chi connectivity index (χ1n) is 10.9. The van der Waals surface area contributed by atoms with Gasteiger partial charge in [0.2, 0.25) is 0 Å². The quantitative estimate of drug-likeness (QED) is 0.569. The summed E-state index contributed by atoms with van der Waals surface area (Å²) < 4.78 is 0. The smallest absolute Gasteiger partial charge is 0.0292 e. The van der Waals surface area contributed by atoms with Crippen molar-refractivity contribution in [2.24, 2.45) is 17.3 Å². The van der Waals surface area contributed by atoms with E-state index in [0.29, 0.717) is 12.0 Å². The lowest BCUT2D eigenvalue weighted by Gasteiger charge is -2.47. The van der Waals surface area contributed by atoms with Crippen molar-refractivity contribution in [3.05, 3.63) is 72.4 Å². The summed E-state index contributed by atoms with van der Waals surface area (Å²) in [6, 6.07) is 0.483. The second-order valence-corrected chi connectivity index (χ2v) is 9.39. The van der Waals surface area contributed by atoms with Gasteiger partial charge in [-0.05, 0) is 63.7 Å². The van der Waals surface area contributed by atoms with Crippen LogP contribution < -0.4 is 5.32 Å². The van der Waals surface area contributed by atoms with Gasteiger partial charge in [0.25, 0.3) is 0 Å². The molecule has 0 heterocycles. The van der Waals surface area contributed by atoms with E-state index in [1.54, 1.807) is 5.57 Å². The van der Waals surface area contributed by atoms with Crippen molar-refractivity contribution in [3.8, 4) is 0 Å². The van der Waals surface area contributed by atoms with E-state index < -0.39 is 0 Å². The molecule has 5 atom stereocenters. The fourth-order valence-electron chi connectivity index (χ4n) is 5.64. The molecule has 0 spiro atoms. The Hall–Kier alpha value is -1.60. The van der Waals surface area contributed by atoms with Crippen LogP contribution in [0, 0.1) is 17.3 Å². The number of rotatable bonds is 4. The van der Waals surface area contributed by atoms with Crippen LogP contribution in [0.2, 0.25) is 0 Å². The summed E-state index contributed by atoms with van der Waals surface area (Å²) >= 11 is 0. The summed E-state index contributed by atoms with van der Waals surface area (Å²) in [4.78, 5) is 0. The molecule has 1 N–H and O–H groups in total. The van der Waals surface area contributed by atoms with Crippen molar-refractivity contribution in [2.75, 3.05) is 0 Å². The van der Waals surface area contributed by atoms with Crippen LogP contribution in [0.1, 0.15) is 58.8 Å². The Kier molecular flexibility index (Phi) is 5.41. The average Bonchev–Trinajstić information content (AvgIpc) is 2.69. The van der Waals surface area contributed by atoms with Gasteiger partial charge in [0.1, 0.15) is 0 Å². The van der Waals surface area contributed by atoms with E-state index in [1.165, 1.54) is 32.1 Å². The molecule has 1 heteroatoms. The molecule has 4 aliphatic rings. The minimum absolute atomic E-state index is 0.200. The summed E-state index contributed by atoms with van der Waals surface area (Å²) in [6.07, 6.45) is 34.3. The minimum Gasteiger partial charge on any atom is -0.304 e. The maximum Gasteiger partial charge on any atom is 0.0292 e. The number of hydrogen-bond acceptors (Lipinski definition) is 1. The van der Waals surface area contributed by atoms with Crippen LogP contribution in [-0.2, 0) is 0 Å². The molecule has 0 amide bonds. The second-order valence-electron chi connectivity index (χ2n) is 9.39. The first-order valence-corrected chi connectivity index (χ1v) is 10.9. The highest BCUT2D eigenvalue weighted by atomic mass is 15.0. The lowest BCUT2D eigenvalue weighted by molar-refractivity contribution is 0.156. The van der Waals surface area contributed by atoms with Crippen LogP contribution >= 0.6 is 0 Å². The van der Waals surface area contributed by atoms with Crippen molar-refractivity contribution in [1.29, 1.82) is 0 Å². The molecule has 0 saturated carbocycles. The molecule has 0 saturated heterocycles. The summed E-state index contributed by atoms with van der Waals surface area (Å²) in [5.74, 6) is 1.37. The highest BCUT2D eigenvalue weighted by molar-refractivity contribution is 5.30. The zero-order chi connectivity index (χ0) is 18.7. The van der Waals surface area contributed by atoms with Crippen LogP contribution in [0.15, 0.2) is 72.4 Å². The van der Waals surface area contributed by atoms with E-state index in [-0.39, 0.29) is 11.0 Å². The third kappa shape index (κ3) is 3.99. The van der Waals surface area contributed by atoms with Crippen molar-refractivity contribution < 1.29 is 0 Å². The van der Waals surface area contributed by atoms with Gasteiger partial charge >= 0.3 is 0 Å². The van der Waals surface area contributed by atoms with E-state index in [9.17, 15) is 0 Å². The molecule has 0 aromatic heterocycles. The Morgan fingerprint density at radius 3 is 2.63 bits per heavy atom. The highest BCUT2D eigenvalue weighted by Crippen LogP contribution is 2.47. The molecular weight excluding hydrogens is 326 g/mol. The summed E-state index contributed by atoms with van der Waals surface area (Å²) in [5, 5.41) is 4.05. The van der Waals surface area contributed by atoms with Crippen LogP contribution in [0.4, 0.5) is 0 Å². The molecule has 0 radical (unpaired) electrons. The Balaban J connectivity index is 1.51. The molecule has 4 rings (SSSR count). The lowest BCUT2D eigenvalue weighted by Crippen LogP contribution is -2.55.